The van der Waals surface area contributed by atoms with E-state index in [0.717, 1.165) is 5.57 Å². The van der Waals surface area contributed by atoms with E-state index >= 15 is 0 Å². The molecule has 3 atom stereocenters. The van der Waals surface area contributed by atoms with Gasteiger partial charge in [0.15, 0.2) is 0 Å². The van der Waals surface area contributed by atoms with Crippen molar-refractivity contribution in [3.05, 3.63) is 11.6 Å². The van der Waals surface area contributed by atoms with Crippen molar-refractivity contribution in [3.63, 3.8) is 0 Å². The summed E-state index contributed by atoms with van der Waals surface area (Å²) < 4.78 is 9.98. The van der Waals surface area contributed by atoms with E-state index in [9.17, 15) is 9.59 Å². The molecule has 0 N–H and O–H groups in total. The first-order chi connectivity index (χ1) is 9.63. The predicted molar refractivity (Wildman–Crippen MR) is 91.3 cm³/mol. The molecular weight excluding hydrogens is 427 g/mol. The van der Waals surface area contributed by atoms with Crippen molar-refractivity contribution in [2.45, 2.75) is 50.6 Å². The first-order valence-electron chi connectivity index (χ1n) is 6.46. The molecule has 0 fully saturated rings. The van der Waals surface area contributed by atoms with Gasteiger partial charge >= 0.3 is 11.9 Å². The van der Waals surface area contributed by atoms with E-state index in [2.05, 4.69) is 31.9 Å². The maximum absolute atomic E-state index is 11.2. The monoisotopic (exact) mass is 446 g/mol. The Labute approximate surface area is 147 Å². The fraction of sp³-hybridized carbons (Fsp3) is 0.714. The van der Waals surface area contributed by atoms with Crippen LogP contribution in [0.15, 0.2) is 11.6 Å². The molecular formula is C14H21Br2ClO4. The van der Waals surface area contributed by atoms with Crippen LogP contribution in [-0.4, -0.2) is 39.7 Å². The van der Waals surface area contributed by atoms with Crippen molar-refractivity contribution in [3.8, 4) is 0 Å². The van der Waals surface area contributed by atoms with E-state index in [1.165, 1.54) is 13.8 Å². The van der Waals surface area contributed by atoms with Crippen LogP contribution in [0.1, 0.15) is 34.1 Å². The van der Waals surface area contributed by atoms with Gasteiger partial charge in [0.25, 0.3) is 0 Å². The highest BCUT2D eigenvalue weighted by Crippen LogP contribution is 2.29. The Morgan fingerprint density at radius 2 is 1.76 bits per heavy atom. The summed E-state index contributed by atoms with van der Waals surface area (Å²) in [6, 6.07) is 0. The Hall–Kier alpha value is -0.0700. The molecule has 122 valence electrons. The molecule has 0 heterocycles. The standard InChI is InChI=1S/C14H21Br2ClO4/c1-9(12(7-15)20-10(2)18)5-6-13(21-11(3)19)14(4,16)8-17/h5,12-13H,6-8H2,1-4H3/b9-5+/t12-,13+,14+/m0/s1. The van der Waals surface area contributed by atoms with Gasteiger partial charge in [-0.3, -0.25) is 9.59 Å². The number of rotatable bonds is 8. The average molecular weight is 449 g/mol. The van der Waals surface area contributed by atoms with Crippen LogP contribution in [0.3, 0.4) is 0 Å². The second kappa shape index (κ2) is 9.85. The van der Waals surface area contributed by atoms with E-state index in [1.54, 1.807) is 0 Å². The van der Waals surface area contributed by atoms with Gasteiger partial charge in [0.05, 0.1) is 4.32 Å². The van der Waals surface area contributed by atoms with E-state index in [4.69, 9.17) is 21.1 Å². The SMILES string of the molecule is CC(=O)O[C@@H](CBr)/C(C)=C/C[C@@H](OC(C)=O)[C@](C)(Br)CCl. The van der Waals surface area contributed by atoms with Gasteiger partial charge in [-0.1, -0.05) is 37.9 Å². The molecule has 0 aromatic rings. The Morgan fingerprint density at radius 1 is 1.24 bits per heavy atom. The summed E-state index contributed by atoms with van der Waals surface area (Å²) in [5.41, 5.74) is 0.886. The second-order valence-electron chi connectivity index (χ2n) is 4.95. The zero-order chi connectivity index (χ0) is 16.6. The van der Waals surface area contributed by atoms with Crippen LogP contribution in [0.5, 0.6) is 0 Å². The second-order valence-corrected chi connectivity index (χ2v) is 7.67. The minimum atomic E-state index is -0.525. The summed E-state index contributed by atoms with van der Waals surface area (Å²) in [4.78, 5) is 22.3. The molecule has 0 saturated carbocycles. The summed E-state index contributed by atoms with van der Waals surface area (Å²) in [6.07, 6.45) is 1.63. The summed E-state index contributed by atoms with van der Waals surface area (Å²) >= 11 is 12.7. The lowest BCUT2D eigenvalue weighted by atomic mass is 10.0. The number of ether oxygens (including phenoxy) is 2. The molecule has 0 aliphatic carbocycles. The third-order valence-electron chi connectivity index (χ3n) is 2.85. The lowest BCUT2D eigenvalue weighted by Gasteiger charge is -2.29. The Kier molecular flexibility index (Phi) is 9.81. The Balaban J connectivity index is 4.95. The van der Waals surface area contributed by atoms with Crippen LogP contribution >= 0.6 is 43.5 Å². The first kappa shape index (κ1) is 20.9. The van der Waals surface area contributed by atoms with Crippen LogP contribution in [0.25, 0.3) is 0 Å². The Bertz CT molecular complexity index is 396. The molecule has 0 bridgehead atoms. The third-order valence-corrected chi connectivity index (χ3v) is 5.11. The van der Waals surface area contributed by atoms with Crippen LogP contribution in [-0.2, 0) is 19.1 Å². The zero-order valence-electron chi connectivity index (χ0n) is 12.6. The van der Waals surface area contributed by atoms with E-state index in [0.29, 0.717) is 17.6 Å². The van der Waals surface area contributed by atoms with Crippen LogP contribution in [0.4, 0.5) is 0 Å². The summed E-state index contributed by atoms with van der Waals surface area (Å²) in [6.45, 7) is 6.46. The van der Waals surface area contributed by atoms with Crippen LogP contribution < -0.4 is 0 Å². The van der Waals surface area contributed by atoms with E-state index < -0.39 is 10.4 Å². The molecule has 0 amide bonds. The molecule has 0 rings (SSSR count). The molecule has 7 heteroatoms. The lowest BCUT2D eigenvalue weighted by Crippen LogP contribution is -2.38. The smallest absolute Gasteiger partial charge is 0.303 e. The summed E-state index contributed by atoms with van der Waals surface area (Å²) in [7, 11) is 0. The third kappa shape index (κ3) is 8.21. The highest BCUT2D eigenvalue weighted by atomic mass is 79.9. The number of halogens is 3. The topological polar surface area (TPSA) is 52.6 Å². The molecule has 0 spiro atoms. The van der Waals surface area contributed by atoms with Gasteiger partial charge in [0, 0.05) is 31.5 Å². The molecule has 0 aliphatic rings. The van der Waals surface area contributed by atoms with Crippen molar-refractivity contribution >= 4 is 55.4 Å². The van der Waals surface area contributed by atoms with Crippen molar-refractivity contribution in [1.82, 2.24) is 0 Å². The predicted octanol–water partition coefficient (Wildman–Crippen LogP) is 3.97. The highest BCUT2D eigenvalue weighted by molar-refractivity contribution is 9.10. The molecule has 0 aromatic carbocycles. The number of carbonyl (C=O) groups excluding carboxylic acids is 2. The average Bonchev–Trinajstić information content (AvgIpc) is 2.39. The van der Waals surface area contributed by atoms with Gasteiger partial charge < -0.3 is 9.47 Å². The van der Waals surface area contributed by atoms with E-state index in [-0.39, 0.29) is 18.0 Å². The van der Waals surface area contributed by atoms with Crippen molar-refractivity contribution in [2.75, 3.05) is 11.2 Å². The van der Waals surface area contributed by atoms with Gasteiger partial charge in [-0.05, 0) is 19.4 Å². The number of alkyl halides is 3. The van der Waals surface area contributed by atoms with Gasteiger partial charge in [-0.2, -0.15) is 0 Å². The number of esters is 2. The molecule has 0 radical (unpaired) electrons. The number of hydrogen-bond acceptors (Lipinski definition) is 4. The maximum atomic E-state index is 11.2. The quantitative estimate of drug-likeness (QED) is 0.320. The molecule has 0 saturated heterocycles. The number of hydrogen-bond donors (Lipinski definition) is 0. The molecule has 0 aromatic heterocycles. The summed E-state index contributed by atoms with van der Waals surface area (Å²) in [5.74, 6) is -0.405. The van der Waals surface area contributed by atoms with Crippen molar-refractivity contribution in [1.29, 1.82) is 0 Å². The lowest BCUT2D eigenvalue weighted by molar-refractivity contribution is -0.147. The van der Waals surface area contributed by atoms with Crippen molar-refractivity contribution < 1.29 is 19.1 Å². The van der Waals surface area contributed by atoms with Crippen LogP contribution in [0, 0.1) is 0 Å². The minimum absolute atomic E-state index is 0.295. The van der Waals surface area contributed by atoms with Gasteiger partial charge in [0.2, 0.25) is 0 Å². The molecule has 0 aliphatic heterocycles. The highest BCUT2D eigenvalue weighted by Gasteiger charge is 2.33. The molecule has 4 nitrogen and oxygen atoms in total. The zero-order valence-corrected chi connectivity index (χ0v) is 16.5. The van der Waals surface area contributed by atoms with Gasteiger partial charge in [-0.25, -0.2) is 0 Å². The van der Waals surface area contributed by atoms with E-state index in [1.807, 2.05) is 19.9 Å². The minimum Gasteiger partial charge on any atom is -0.461 e. The molecule has 0 unspecified atom stereocenters. The fourth-order valence-corrected chi connectivity index (χ4v) is 2.67. The van der Waals surface area contributed by atoms with Gasteiger partial charge in [-0.15, -0.1) is 11.6 Å². The van der Waals surface area contributed by atoms with Crippen LogP contribution in [0.2, 0.25) is 0 Å². The van der Waals surface area contributed by atoms with Crippen molar-refractivity contribution in [2.24, 2.45) is 0 Å². The Morgan fingerprint density at radius 3 is 2.14 bits per heavy atom. The largest absolute Gasteiger partial charge is 0.461 e. The molecule has 21 heavy (non-hydrogen) atoms. The van der Waals surface area contributed by atoms with Gasteiger partial charge in [0.1, 0.15) is 12.2 Å². The first-order valence-corrected chi connectivity index (χ1v) is 8.90. The number of carbonyl (C=O) groups is 2. The summed E-state index contributed by atoms with van der Waals surface area (Å²) in [5, 5.41) is 0.508. The maximum Gasteiger partial charge on any atom is 0.303 e. The normalized spacial score (nSPS) is 17.6. The fourth-order valence-electron chi connectivity index (χ4n) is 1.57.